The Bertz CT molecular complexity index is 806. The minimum Gasteiger partial charge on any atom is -0.322 e. The molecule has 1 aromatic rings. The fourth-order valence-corrected chi connectivity index (χ4v) is 4.36. The van der Waals surface area contributed by atoms with Gasteiger partial charge in [-0.25, -0.2) is 0 Å². The van der Waals surface area contributed by atoms with Crippen LogP contribution in [0.3, 0.4) is 0 Å². The van der Waals surface area contributed by atoms with Gasteiger partial charge in [-0.3, -0.25) is 24.6 Å². The normalized spacial score (nSPS) is 22.9. The van der Waals surface area contributed by atoms with E-state index in [0.29, 0.717) is 18.5 Å². The molecule has 0 bridgehead atoms. The van der Waals surface area contributed by atoms with E-state index in [0.717, 1.165) is 51.4 Å². The van der Waals surface area contributed by atoms with Crippen molar-refractivity contribution in [1.29, 1.82) is 0 Å². The molecule has 1 unspecified atom stereocenters. The summed E-state index contributed by atoms with van der Waals surface area (Å²) in [7, 11) is 2.12. The van der Waals surface area contributed by atoms with Gasteiger partial charge in [0.1, 0.15) is 6.04 Å². The first-order valence-corrected chi connectivity index (χ1v) is 10.4. The first-order chi connectivity index (χ1) is 14.0. The molecule has 3 amide bonds. The zero-order valence-electron chi connectivity index (χ0n) is 16.9. The first-order valence-electron chi connectivity index (χ1n) is 10.4. The summed E-state index contributed by atoms with van der Waals surface area (Å²) in [5, 5.41) is 5.72. The molecule has 2 fully saturated rings. The van der Waals surface area contributed by atoms with Gasteiger partial charge >= 0.3 is 0 Å². The summed E-state index contributed by atoms with van der Waals surface area (Å²) >= 11 is 0. The largest absolute Gasteiger partial charge is 0.322 e. The molecule has 2 N–H and O–H groups in total. The third kappa shape index (κ3) is 4.49. The molecule has 156 valence electrons. The van der Waals surface area contributed by atoms with Gasteiger partial charge in [0, 0.05) is 64.3 Å². The van der Waals surface area contributed by atoms with Crippen molar-refractivity contribution in [2.75, 3.05) is 46.3 Å². The van der Waals surface area contributed by atoms with E-state index in [1.807, 2.05) is 12.1 Å². The summed E-state index contributed by atoms with van der Waals surface area (Å²) in [6.07, 6.45) is 0.672. The molecule has 2 saturated heterocycles. The Morgan fingerprint density at radius 3 is 2.72 bits per heavy atom. The van der Waals surface area contributed by atoms with E-state index < -0.39 is 6.04 Å². The molecular formula is C21H29N5O3. The number of amides is 3. The minimum atomic E-state index is -0.558. The molecule has 8 heteroatoms. The second-order valence-corrected chi connectivity index (χ2v) is 8.22. The van der Waals surface area contributed by atoms with Crippen LogP contribution < -0.4 is 10.6 Å². The SMILES string of the molecule is CN(CCN1CCNCC1)Cc1ccc2c(c1)CN(C1CCC(=O)NC1=O)C2=O. The zero-order chi connectivity index (χ0) is 20.4. The Morgan fingerprint density at radius 2 is 1.97 bits per heavy atom. The maximum absolute atomic E-state index is 12.8. The number of imide groups is 1. The molecule has 4 rings (SSSR count). The monoisotopic (exact) mass is 399 g/mol. The Morgan fingerprint density at radius 1 is 1.17 bits per heavy atom. The smallest absolute Gasteiger partial charge is 0.255 e. The summed E-state index contributed by atoms with van der Waals surface area (Å²) < 4.78 is 0. The lowest BCUT2D eigenvalue weighted by Gasteiger charge is -2.29. The van der Waals surface area contributed by atoms with Crippen LogP contribution >= 0.6 is 0 Å². The van der Waals surface area contributed by atoms with E-state index in [4.69, 9.17) is 0 Å². The van der Waals surface area contributed by atoms with E-state index in [9.17, 15) is 14.4 Å². The van der Waals surface area contributed by atoms with Crippen LogP contribution in [0.1, 0.15) is 34.3 Å². The average molecular weight is 399 g/mol. The van der Waals surface area contributed by atoms with Gasteiger partial charge in [0.25, 0.3) is 5.91 Å². The van der Waals surface area contributed by atoms with E-state index in [-0.39, 0.29) is 24.1 Å². The fraction of sp³-hybridized carbons (Fsp3) is 0.571. The lowest BCUT2D eigenvalue weighted by molar-refractivity contribution is -0.136. The van der Waals surface area contributed by atoms with Crippen molar-refractivity contribution in [3.05, 3.63) is 34.9 Å². The van der Waals surface area contributed by atoms with E-state index in [2.05, 4.69) is 33.5 Å². The first kappa shape index (κ1) is 20.0. The molecule has 3 aliphatic heterocycles. The number of hydrogen-bond acceptors (Lipinski definition) is 6. The van der Waals surface area contributed by atoms with Crippen LogP contribution in [-0.2, 0) is 22.7 Å². The predicted molar refractivity (Wildman–Crippen MR) is 108 cm³/mol. The lowest BCUT2D eigenvalue weighted by atomic mass is 10.0. The van der Waals surface area contributed by atoms with Gasteiger partial charge in [0.15, 0.2) is 0 Å². The Kier molecular flexibility index (Phi) is 5.94. The summed E-state index contributed by atoms with van der Waals surface area (Å²) in [6.45, 7) is 7.64. The van der Waals surface area contributed by atoms with Crippen molar-refractivity contribution in [3.8, 4) is 0 Å². The highest BCUT2D eigenvalue weighted by Crippen LogP contribution is 2.28. The number of nitrogens with zero attached hydrogens (tertiary/aromatic N) is 3. The van der Waals surface area contributed by atoms with Crippen LogP contribution in [0, 0.1) is 0 Å². The van der Waals surface area contributed by atoms with Gasteiger partial charge in [-0.15, -0.1) is 0 Å². The number of rotatable bonds is 6. The number of carbonyl (C=O) groups excluding carboxylic acids is 3. The van der Waals surface area contributed by atoms with Crippen molar-refractivity contribution in [2.24, 2.45) is 0 Å². The highest BCUT2D eigenvalue weighted by atomic mass is 16.2. The van der Waals surface area contributed by atoms with Crippen LogP contribution in [-0.4, -0.2) is 84.8 Å². The number of fused-ring (bicyclic) bond motifs is 1. The van der Waals surface area contributed by atoms with Crippen LogP contribution in [0.25, 0.3) is 0 Å². The molecule has 0 aromatic heterocycles. The molecule has 0 aliphatic carbocycles. The molecule has 0 spiro atoms. The average Bonchev–Trinajstić information content (AvgIpc) is 3.03. The van der Waals surface area contributed by atoms with Crippen LogP contribution in [0.2, 0.25) is 0 Å². The Hall–Kier alpha value is -2.29. The third-order valence-electron chi connectivity index (χ3n) is 6.05. The van der Waals surface area contributed by atoms with Gasteiger partial charge in [-0.1, -0.05) is 12.1 Å². The van der Waals surface area contributed by atoms with Gasteiger partial charge in [0.05, 0.1) is 0 Å². The van der Waals surface area contributed by atoms with Gasteiger partial charge in [-0.2, -0.15) is 0 Å². The molecule has 3 heterocycles. The molecule has 3 aliphatic rings. The van der Waals surface area contributed by atoms with Crippen molar-refractivity contribution in [1.82, 2.24) is 25.3 Å². The topological polar surface area (TPSA) is 85.0 Å². The van der Waals surface area contributed by atoms with Gasteiger partial charge < -0.3 is 15.1 Å². The molecular weight excluding hydrogens is 370 g/mol. The molecule has 0 saturated carbocycles. The minimum absolute atomic E-state index is 0.117. The summed E-state index contributed by atoms with van der Waals surface area (Å²) in [5.41, 5.74) is 2.80. The molecule has 8 nitrogen and oxygen atoms in total. The Balaban J connectivity index is 1.35. The Labute approximate surface area is 171 Å². The number of piperazine rings is 1. The molecule has 1 aromatic carbocycles. The van der Waals surface area contributed by atoms with E-state index >= 15 is 0 Å². The van der Waals surface area contributed by atoms with E-state index in [1.54, 1.807) is 4.90 Å². The summed E-state index contributed by atoms with van der Waals surface area (Å²) in [4.78, 5) is 42.7. The van der Waals surface area contributed by atoms with Gasteiger partial charge in [0.2, 0.25) is 11.8 Å². The highest BCUT2D eigenvalue weighted by molar-refractivity contribution is 6.05. The van der Waals surface area contributed by atoms with Crippen LogP contribution in [0.4, 0.5) is 0 Å². The fourth-order valence-electron chi connectivity index (χ4n) is 4.36. The van der Waals surface area contributed by atoms with Crippen molar-refractivity contribution in [3.63, 3.8) is 0 Å². The summed E-state index contributed by atoms with van der Waals surface area (Å²) in [6, 6.07) is 5.41. The number of likely N-dealkylation sites (N-methyl/N-ethyl adjacent to an activating group) is 1. The molecule has 0 radical (unpaired) electrons. The van der Waals surface area contributed by atoms with Crippen LogP contribution in [0.15, 0.2) is 18.2 Å². The van der Waals surface area contributed by atoms with Crippen molar-refractivity contribution >= 4 is 17.7 Å². The van der Waals surface area contributed by atoms with Crippen molar-refractivity contribution < 1.29 is 14.4 Å². The quantitative estimate of drug-likeness (QED) is 0.644. The standard InChI is InChI=1S/C21H29N5O3/c1-24(10-11-25-8-6-22-7-9-25)13-15-2-3-17-16(12-15)14-26(21(17)29)18-4-5-19(27)23-20(18)28/h2-3,12,18,22H,4-11,13-14H2,1H3,(H,23,27,28). The second kappa shape index (κ2) is 8.61. The van der Waals surface area contributed by atoms with E-state index in [1.165, 1.54) is 5.56 Å². The number of benzene rings is 1. The number of piperidine rings is 1. The highest BCUT2D eigenvalue weighted by Gasteiger charge is 2.39. The van der Waals surface area contributed by atoms with Crippen LogP contribution in [0.5, 0.6) is 0 Å². The lowest BCUT2D eigenvalue weighted by Crippen LogP contribution is -2.52. The summed E-state index contributed by atoms with van der Waals surface area (Å²) in [5.74, 6) is -0.745. The van der Waals surface area contributed by atoms with Crippen molar-refractivity contribution in [2.45, 2.75) is 32.0 Å². The predicted octanol–water partition coefficient (Wildman–Crippen LogP) is -0.215. The number of hydrogen-bond donors (Lipinski definition) is 2. The molecule has 29 heavy (non-hydrogen) atoms. The second-order valence-electron chi connectivity index (χ2n) is 8.22. The maximum atomic E-state index is 12.8. The third-order valence-corrected chi connectivity index (χ3v) is 6.05. The zero-order valence-corrected chi connectivity index (χ0v) is 16.9. The van der Waals surface area contributed by atoms with Gasteiger partial charge in [-0.05, 0) is 30.7 Å². The number of carbonyl (C=O) groups is 3. The molecule has 1 atom stereocenters. The number of nitrogens with one attached hydrogen (secondary N) is 2. The maximum Gasteiger partial charge on any atom is 0.255 e.